The summed E-state index contributed by atoms with van der Waals surface area (Å²) >= 11 is 9.78. The highest BCUT2D eigenvalue weighted by Gasteiger charge is 2.32. The molecule has 0 spiro atoms. The smallest absolute Gasteiger partial charge is 0.261 e. The Bertz CT molecular complexity index is 1210. The fourth-order valence-corrected chi connectivity index (χ4v) is 4.70. The molecular weight excluding hydrogens is 552 g/mol. The van der Waals surface area contributed by atoms with Gasteiger partial charge in [-0.3, -0.25) is 9.59 Å². The molecule has 3 aromatic carbocycles. The number of rotatable bonds is 10. The van der Waals surface area contributed by atoms with E-state index in [9.17, 15) is 9.59 Å². The van der Waals surface area contributed by atoms with Crippen molar-refractivity contribution in [2.75, 3.05) is 6.61 Å². The summed E-state index contributed by atoms with van der Waals surface area (Å²) in [4.78, 5) is 28.9. The summed E-state index contributed by atoms with van der Waals surface area (Å²) in [6.07, 6.45) is 1.26. The standard InChI is InChI=1S/C30H34BrClN2O3/c1-5-21-14-15-27(25(31)17-21)37-20-28(35)34(19-23-12-9-13-24(32)16-23)26(29(36)33-30(2,3)4)18-22-10-7-6-8-11-22/h6-17,26H,5,18-20H2,1-4H3,(H,33,36). The second kappa shape index (κ2) is 13.1. The summed E-state index contributed by atoms with van der Waals surface area (Å²) in [7, 11) is 0. The lowest BCUT2D eigenvalue weighted by atomic mass is 10.0. The molecule has 3 rings (SSSR count). The van der Waals surface area contributed by atoms with Gasteiger partial charge < -0.3 is 15.0 Å². The number of amides is 2. The van der Waals surface area contributed by atoms with Crippen molar-refractivity contribution in [1.82, 2.24) is 10.2 Å². The van der Waals surface area contributed by atoms with E-state index in [1.807, 2.05) is 87.5 Å². The molecule has 1 unspecified atom stereocenters. The molecule has 0 aliphatic rings. The molecule has 0 aliphatic carbocycles. The number of ether oxygens (including phenoxy) is 1. The molecule has 0 aliphatic heterocycles. The van der Waals surface area contributed by atoms with Crippen LogP contribution in [0.15, 0.2) is 77.3 Å². The first kappa shape index (κ1) is 28.7. The van der Waals surface area contributed by atoms with E-state index in [2.05, 4.69) is 28.2 Å². The minimum Gasteiger partial charge on any atom is -0.483 e. The van der Waals surface area contributed by atoms with Crippen LogP contribution < -0.4 is 10.1 Å². The number of benzene rings is 3. The molecule has 5 nitrogen and oxygen atoms in total. The fraction of sp³-hybridized carbons (Fsp3) is 0.333. The van der Waals surface area contributed by atoms with E-state index in [1.54, 1.807) is 11.0 Å². The van der Waals surface area contributed by atoms with Gasteiger partial charge in [-0.1, -0.05) is 67.1 Å². The predicted octanol–water partition coefficient (Wildman–Crippen LogP) is 6.60. The van der Waals surface area contributed by atoms with E-state index in [4.69, 9.17) is 16.3 Å². The van der Waals surface area contributed by atoms with Crippen LogP contribution >= 0.6 is 27.5 Å². The third-order valence-electron chi connectivity index (χ3n) is 5.77. The van der Waals surface area contributed by atoms with Crippen LogP contribution in [-0.2, 0) is 29.0 Å². The third-order valence-corrected chi connectivity index (χ3v) is 6.62. The third kappa shape index (κ3) is 8.90. The minimum absolute atomic E-state index is 0.210. The van der Waals surface area contributed by atoms with Gasteiger partial charge in [-0.05, 0) is 84.1 Å². The highest BCUT2D eigenvalue weighted by atomic mass is 79.9. The zero-order valence-electron chi connectivity index (χ0n) is 21.8. The van der Waals surface area contributed by atoms with Gasteiger partial charge in [-0.2, -0.15) is 0 Å². The minimum atomic E-state index is -0.748. The molecular formula is C30H34BrClN2O3. The highest BCUT2D eigenvalue weighted by molar-refractivity contribution is 9.10. The van der Waals surface area contributed by atoms with Crippen LogP contribution in [0.2, 0.25) is 5.02 Å². The Kier molecular flexibility index (Phi) is 10.2. The van der Waals surface area contributed by atoms with Gasteiger partial charge in [-0.25, -0.2) is 0 Å². The largest absolute Gasteiger partial charge is 0.483 e. The molecule has 196 valence electrons. The lowest BCUT2D eigenvalue weighted by Gasteiger charge is -2.33. The lowest BCUT2D eigenvalue weighted by Crippen LogP contribution is -2.55. The first-order chi connectivity index (χ1) is 17.6. The number of nitrogens with zero attached hydrogens (tertiary/aromatic N) is 1. The van der Waals surface area contributed by atoms with Crippen molar-refractivity contribution in [2.24, 2.45) is 0 Å². The molecule has 2 amide bonds. The van der Waals surface area contributed by atoms with Crippen LogP contribution in [0.25, 0.3) is 0 Å². The van der Waals surface area contributed by atoms with Gasteiger partial charge in [0.25, 0.3) is 5.91 Å². The van der Waals surface area contributed by atoms with Crippen LogP contribution in [0.1, 0.15) is 44.4 Å². The first-order valence-corrected chi connectivity index (χ1v) is 13.5. The molecule has 0 aromatic heterocycles. The predicted molar refractivity (Wildman–Crippen MR) is 153 cm³/mol. The van der Waals surface area contributed by atoms with Crippen molar-refractivity contribution < 1.29 is 14.3 Å². The summed E-state index contributed by atoms with van der Waals surface area (Å²) < 4.78 is 6.71. The lowest BCUT2D eigenvalue weighted by molar-refractivity contribution is -0.143. The average Bonchev–Trinajstić information content (AvgIpc) is 2.84. The zero-order chi connectivity index (χ0) is 27.0. The van der Waals surface area contributed by atoms with E-state index < -0.39 is 11.6 Å². The van der Waals surface area contributed by atoms with Crippen molar-refractivity contribution in [1.29, 1.82) is 0 Å². The SMILES string of the molecule is CCc1ccc(OCC(=O)N(Cc2cccc(Cl)c2)C(Cc2ccccc2)C(=O)NC(C)(C)C)c(Br)c1. The summed E-state index contributed by atoms with van der Waals surface area (Å²) in [6.45, 7) is 7.86. The molecule has 0 radical (unpaired) electrons. The molecule has 0 heterocycles. The number of carbonyl (C=O) groups is 2. The monoisotopic (exact) mass is 584 g/mol. The Hall–Kier alpha value is -2.83. The Morgan fingerprint density at radius 2 is 1.68 bits per heavy atom. The average molecular weight is 586 g/mol. The van der Waals surface area contributed by atoms with Crippen LogP contribution in [0.5, 0.6) is 5.75 Å². The maximum atomic E-state index is 13.7. The number of nitrogens with one attached hydrogen (secondary N) is 1. The molecule has 7 heteroatoms. The van der Waals surface area contributed by atoms with Crippen molar-refractivity contribution in [2.45, 2.75) is 58.7 Å². The van der Waals surface area contributed by atoms with Crippen molar-refractivity contribution >= 4 is 39.3 Å². The maximum Gasteiger partial charge on any atom is 0.261 e. The van der Waals surface area contributed by atoms with Gasteiger partial charge in [0.15, 0.2) is 6.61 Å². The van der Waals surface area contributed by atoms with E-state index in [0.29, 0.717) is 17.2 Å². The molecule has 0 bridgehead atoms. The molecule has 1 N–H and O–H groups in total. The van der Waals surface area contributed by atoms with Gasteiger partial charge in [0.2, 0.25) is 5.91 Å². The summed E-state index contributed by atoms with van der Waals surface area (Å²) in [6, 6.07) is 22.1. The van der Waals surface area contributed by atoms with Gasteiger partial charge in [0.05, 0.1) is 4.47 Å². The first-order valence-electron chi connectivity index (χ1n) is 12.4. The normalized spacial score (nSPS) is 12.1. The Labute approximate surface area is 233 Å². The highest BCUT2D eigenvalue weighted by Crippen LogP contribution is 2.27. The van der Waals surface area contributed by atoms with E-state index in [-0.39, 0.29) is 25.0 Å². The van der Waals surface area contributed by atoms with E-state index >= 15 is 0 Å². The van der Waals surface area contributed by atoms with Crippen molar-refractivity contribution in [3.63, 3.8) is 0 Å². The molecule has 0 saturated heterocycles. The molecule has 0 fully saturated rings. The second-order valence-electron chi connectivity index (χ2n) is 10.0. The molecule has 1 atom stereocenters. The zero-order valence-corrected chi connectivity index (χ0v) is 24.1. The van der Waals surface area contributed by atoms with Crippen molar-refractivity contribution in [3.05, 3.63) is 99.0 Å². The maximum absolute atomic E-state index is 13.7. The Morgan fingerprint density at radius 3 is 2.30 bits per heavy atom. The van der Waals surface area contributed by atoms with E-state index in [0.717, 1.165) is 27.6 Å². The van der Waals surface area contributed by atoms with E-state index in [1.165, 1.54) is 0 Å². The Morgan fingerprint density at radius 1 is 0.973 bits per heavy atom. The van der Waals surface area contributed by atoms with Gasteiger partial charge in [0, 0.05) is 23.5 Å². The van der Waals surface area contributed by atoms with Gasteiger partial charge in [-0.15, -0.1) is 0 Å². The fourth-order valence-electron chi connectivity index (χ4n) is 3.94. The summed E-state index contributed by atoms with van der Waals surface area (Å²) in [5, 5.41) is 3.63. The second-order valence-corrected chi connectivity index (χ2v) is 11.3. The quantitative estimate of drug-likeness (QED) is 0.292. The topological polar surface area (TPSA) is 58.6 Å². The van der Waals surface area contributed by atoms with Gasteiger partial charge in [0.1, 0.15) is 11.8 Å². The Balaban J connectivity index is 1.93. The number of hydrogen-bond acceptors (Lipinski definition) is 3. The summed E-state index contributed by atoms with van der Waals surface area (Å²) in [5.41, 5.74) is 2.49. The van der Waals surface area contributed by atoms with Crippen LogP contribution in [0.4, 0.5) is 0 Å². The van der Waals surface area contributed by atoms with Crippen LogP contribution in [0, 0.1) is 0 Å². The van der Waals surface area contributed by atoms with Crippen LogP contribution in [-0.4, -0.2) is 34.9 Å². The summed E-state index contributed by atoms with van der Waals surface area (Å²) in [5.74, 6) is 0.0589. The molecule has 0 saturated carbocycles. The number of hydrogen-bond donors (Lipinski definition) is 1. The number of carbonyl (C=O) groups excluding carboxylic acids is 2. The van der Waals surface area contributed by atoms with Gasteiger partial charge >= 0.3 is 0 Å². The number of aryl methyl sites for hydroxylation is 1. The molecule has 37 heavy (non-hydrogen) atoms. The number of halogens is 2. The van der Waals surface area contributed by atoms with Crippen LogP contribution in [0.3, 0.4) is 0 Å². The van der Waals surface area contributed by atoms with Crippen molar-refractivity contribution in [3.8, 4) is 5.75 Å². The molecule has 3 aromatic rings.